The van der Waals surface area contributed by atoms with Gasteiger partial charge in [0.1, 0.15) is 0 Å². The van der Waals surface area contributed by atoms with Gasteiger partial charge < -0.3 is 4.57 Å². The van der Waals surface area contributed by atoms with E-state index in [4.69, 9.17) is 0 Å². The standard InChI is InChI=1S/C10H12N2/c1-3-9-6-8-4-5-11-7-10(8)12(9)2/h4-7H,3H2,1-2H3. The maximum absolute atomic E-state index is 4.10. The molecule has 0 aliphatic carbocycles. The Morgan fingerprint density at radius 1 is 1.50 bits per heavy atom. The molecule has 2 heteroatoms. The van der Waals surface area contributed by atoms with Crippen LogP contribution in [0.4, 0.5) is 0 Å². The first-order valence-electron chi connectivity index (χ1n) is 4.21. The lowest BCUT2D eigenvalue weighted by atomic mass is 10.3. The van der Waals surface area contributed by atoms with E-state index < -0.39 is 0 Å². The molecule has 0 bridgehead atoms. The van der Waals surface area contributed by atoms with Crippen molar-refractivity contribution in [3.05, 3.63) is 30.2 Å². The highest BCUT2D eigenvalue weighted by molar-refractivity contribution is 5.80. The quantitative estimate of drug-likeness (QED) is 0.625. The van der Waals surface area contributed by atoms with Crippen molar-refractivity contribution >= 4 is 10.9 Å². The van der Waals surface area contributed by atoms with Crippen LogP contribution in [0, 0.1) is 0 Å². The summed E-state index contributed by atoms with van der Waals surface area (Å²) in [5, 5.41) is 1.28. The van der Waals surface area contributed by atoms with E-state index in [9.17, 15) is 0 Å². The fourth-order valence-corrected chi connectivity index (χ4v) is 1.57. The first kappa shape index (κ1) is 7.35. The molecule has 2 aromatic rings. The lowest BCUT2D eigenvalue weighted by molar-refractivity contribution is 0.864. The zero-order valence-electron chi connectivity index (χ0n) is 7.41. The molecule has 12 heavy (non-hydrogen) atoms. The van der Waals surface area contributed by atoms with E-state index in [1.807, 2.05) is 12.4 Å². The van der Waals surface area contributed by atoms with E-state index in [0.29, 0.717) is 0 Å². The molecule has 0 fully saturated rings. The van der Waals surface area contributed by atoms with Gasteiger partial charge in [0, 0.05) is 24.3 Å². The smallest absolute Gasteiger partial charge is 0.0666 e. The van der Waals surface area contributed by atoms with Gasteiger partial charge in [-0.05, 0) is 18.6 Å². The zero-order valence-corrected chi connectivity index (χ0v) is 7.41. The summed E-state index contributed by atoms with van der Waals surface area (Å²) in [6.07, 6.45) is 4.82. The van der Waals surface area contributed by atoms with Crippen LogP contribution in [0.2, 0.25) is 0 Å². The molecule has 2 nitrogen and oxygen atoms in total. The first-order valence-corrected chi connectivity index (χ1v) is 4.21. The summed E-state index contributed by atoms with van der Waals surface area (Å²) in [6.45, 7) is 2.17. The van der Waals surface area contributed by atoms with Gasteiger partial charge in [0.2, 0.25) is 0 Å². The van der Waals surface area contributed by atoms with E-state index in [1.54, 1.807) is 0 Å². The van der Waals surface area contributed by atoms with Crippen molar-refractivity contribution in [3.63, 3.8) is 0 Å². The minimum atomic E-state index is 1.07. The van der Waals surface area contributed by atoms with Gasteiger partial charge in [-0.3, -0.25) is 4.98 Å². The normalized spacial score (nSPS) is 10.8. The topological polar surface area (TPSA) is 17.8 Å². The Bertz CT molecular complexity index is 401. The minimum absolute atomic E-state index is 1.07. The Morgan fingerprint density at radius 3 is 3.00 bits per heavy atom. The monoisotopic (exact) mass is 160 g/mol. The maximum Gasteiger partial charge on any atom is 0.0666 e. The summed E-state index contributed by atoms with van der Waals surface area (Å²) in [4.78, 5) is 4.10. The summed E-state index contributed by atoms with van der Waals surface area (Å²) in [5.74, 6) is 0. The van der Waals surface area contributed by atoms with Gasteiger partial charge in [-0.25, -0.2) is 0 Å². The molecule has 0 spiro atoms. The molecule has 0 unspecified atom stereocenters. The summed E-state index contributed by atoms with van der Waals surface area (Å²) in [6, 6.07) is 4.27. The molecule has 0 saturated heterocycles. The fraction of sp³-hybridized carbons (Fsp3) is 0.300. The molecule has 0 amide bonds. The molecule has 0 aliphatic rings. The van der Waals surface area contributed by atoms with Crippen LogP contribution in [0.25, 0.3) is 10.9 Å². The van der Waals surface area contributed by atoms with Gasteiger partial charge in [-0.1, -0.05) is 6.92 Å². The van der Waals surface area contributed by atoms with Crippen molar-refractivity contribution in [1.82, 2.24) is 9.55 Å². The second-order valence-electron chi connectivity index (χ2n) is 2.98. The van der Waals surface area contributed by atoms with Gasteiger partial charge in [-0.15, -0.1) is 0 Å². The molecule has 2 rings (SSSR count). The van der Waals surface area contributed by atoms with Crippen molar-refractivity contribution in [2.24, 2.45) is 7.05 Å². The van der Waals surface area contributed by atoms with Crippen LogP contribution in [-0.2, 0) is 13.5 Å². The molecular formula is C10H12N2. The number of pyridine rings is 1. The molecular weight excluding hydrogens is 148 g/mol. The number of nitrogens with zero attached hydrogens (tertiary/aromatic N) is 2. The molecule has 2 heterocycles. The molecule has 2 aromatic heterocycles. The Morgan fingerprint density at radius 2 is 2.33 bits per heavy atom. The van der Waals surface area contributed by atoms with Crippen LogP contribution >= 0.6 is 0 Å². The average Bonchev–Trinajstić information content (AvgIpc) is 2.44. The molecule has 0 aliphatic heterocycles. The third kappa shape index (κ3) is 0.916. The first-order chi connectivity index (χ1) is 5.83. The number of aryl methyl sites for hydroxylation is 2. The largest absolute Gasteiger partial charge is 0.346 e. The summed E-state index contributed by atoms with van der Waals surface area (Å²) >= 11 is 0. The zero-order chi connectivity index (χ0) is 8.55. The van der Waals surface area contributed by atoms with E-state index in [1.165, 1.54) is 16.6 Å². The average molecular weight is 160 g/mol. The maximum atomic E-state index is 4.10. The second-order valence-corrected chi connectivity index (χ2v) is 2.98. The third-order valence-corrected chi connectivity index (χ3v) is 2.31. The molecule has 0 atom stereocenters. The number of fused-ring (bicyclic) bond motifs is 1. The predicted octanol–water partition coefficient (Wildman–Crippen LogP) is 2.14. The Hall–Kier alpha value is -1.31. The molecule has 0 aromatic carbocycles. The minimum Gasteiger partial charge on any atom is -0.346 e. The SMILES string of the molecule is CCc1cc2ccncc2n1C. The van der Waals surface area contributed by atoms with Gasteiger partial charge >= 0.3 is 0 Å². The van der Waals surface area contributed by atoms with Crippen LogP contribution < -0.4 is 0 Å². The molecule has 0 radical (unpaired) electrons. The van der Waals surface area contributed by atoms with Crippen molar-refractivity contribution in [2.75, 3.05) is 0 Å². The predicted molar refractivity (Wildman–Crippen MR) is 50.1 cm³/mol. The molecule has 0 N–H and O–H groups in total. The van der Waals surface area contributed by atoms with Crippen LogP contribution in [0.3, 0.4) is 0 Å². The number of aromatic nitrogens is 2. The van der Waals surface area contributed by atoms with Crippen molar-refractivity contribution in [2.45, 2.75) is 13.3 Å². The third-order valence-electron chi connectivity index (χ3n) is 2.31. The Kier molecular flexibility index (Phi) is 1.61. The molecule has 0 saturated carbocycles. The van der Waals surface area contributed by atoms with Gasteiger partial charge in [0.05, 0.1) is 11.7 Å². The van der Waals surface area contributed by atoms with Crippen molar-refractivity contribution < 1.29 is 0 Å². The van der Waals surface area contributed by atoms with Gasteiger partial charge in [0.25, 0.3) is 0 Å². The van der Waals surface area contributed by atoms with E-state index in [2.05, 4.69) is 35.7 Å². The number of hydrogen-bond donors (Lipinski definition) is 0. The van der Waals surface area contributed by atoms with Crippen LogP contribution in [0.15, 0.2) is 24.5 Å². The molecule has 62 valence electrons. The van der Waals surface area contributed by atoms with Gasteiger partial charge in [0.15, 0.2) is 0 Å². The van der Waals surface area contributed by atoms with Crippen LogP contribution in [-0.4, -0.2) is 9.55 Å². The Labute approximate surface area is 71.8 Å². The van der Waals surface area contributed by atoms with E-state index in [-0.39, 0.29) is 0 Å². The highest BCUT2D eigenvalue weighted by atomic mass is 15.0. The lowest BCUT2D eigenvalue weighted by Gasteiger charge is -1.98. The highest BCUT2D eigenvalue weighted by Gasteiger charge is 2.01. The van der Waals surface area contributed by atoms with Gasteiger partial charge in [-0.2, -0.15) is 0 Å². The second kappa shape index (κ2) is 2.63. The number of rotatable bonds is 1. The van der Waals surface area contributed by atoms with E-state index in [0.717, 1.165) is 6.42 Å². The summed E-state index contributed by atoms with van der Waals surface area (Å²) < 4.78 is 2.20. The summed E-state index contributed by atoms with van der Waals surface area (Å²) in [7, 11) is 2.09. The lowest BCUT2D eigenvalue weighted by Crippen LogP contribution is -1.93. The van der Waals surface area contributed by atoms with E-state index >= 15 is 0 Å². The summed E-state index contributed by atoms with van der Waals surface area (Å²) in [5.41, 5.74) is 2.58. The fourth-order valence-electron chi connectivity index (χ4n) is 1.57. The van der Waals surface area contributed by atoms with Crippen LogP contribution in [0.1, 0.15) is 12.6 Å². The number of hydrogen-bond acceptors (Lipinski definition) is 1. The Balaban J connectivity index is 2.78. The van der Waals surface area contributed by atoms with Crippen LogP contribution in [0.5, 0.6) is 0 Å². The van der Waals surface area contributed by atoms with Crippen molar-refractivity contribution in [1.29, 1.82) is 0 Å². The van der Waals surface area contributed by atoms with Crippen molar-refractivity contribution in [3.8, 4) is 0 Å². The highest BCUT2D eigenvalue weighted by Crippen LogP contribution is 2.16.